The van der Waals surface area contributed by atoms with Gasteiger partial charge in [0, 0.05) is 12.0 Å². The van der Waals surface area contributed by atoms with Crippen LogP contribution in [0.4, 0.5) is 0 Å². The Bertz CT molecular complexity index is 1000. The fourth-order valence-electron chi connectivity index (χ4n) is 4.18. The van der Waals surface area contributed by atoms with E-state index in [4.69, 9.17) is 18.9 Å². The lowest BCUT2D eigenvalue weighted by Crippen LogP contribution is -2.15. The van der Waals surface area contributed by atoms with Crippen LogP contribution in [0.3, 0.4) is 0 Å². The van der Waals surface area contributed by atoms with Gasteiger partial charge in [-0.25, -0.2) is 0 Å². The molecule has 4 heteroatoms. The average molecular weight is 433 g/mol. The SMILES string of the molecule is Cc1cccc2c1CCCO2.Cc1cccc2c1CCO2.Cc1cccc2c1OCCO2. The van der Waals surface area contributed by atoms with Crippen LogP contribution in [0.2, 0.25) is 0 Å². The number of aryl methyl sites for hydroxylation is 3. The van der Waals surface area contributed by atoms with Crippen LogP contribution < -0.4 is 18.9 Å². The molecule has 3 heterocycles. The fraction of sp³-hybridized carbons (Fsp3) is 0.357. The van der Waals surface area contributed by atoms with Gasteiger partial charge in [-0.1, -0.05) is 36.4 Å². The highest BCUT2D eigenvalue weighted by Gasteiger charge is 2.13. The van der Waals surface area contributed by atoms with E-state index in [0.29, 0.717) is 13.2 Å². The van der Waals surface area contributed by atoms with Gasteiger partial charge in [0.05, 0.1) is 13.2 Å². The number of rotatable bonds is 0. The van der Waals surface area contributed by atoms with Crippen LogP contribution in [0.5, 0.6) is 23.0 Å². The molecule has 0 saturated carbocycles. The third-order valence-corrected chi connectivity index (χ3v) is 5.94. The molecule has 3 aromatic carbocycles. The van der Waals surface area contributed by atoms with Crippen molar-refractivity contribution in [2.24, 2.45) is 0 Å². The quantitative estimate of drug-likeness (QED) is 0.436. The number of hydrogen-bond donors (Lipinski definition) is 0. The van der Waals surface area contributed by atoms with Crippen LogP contribution in [0.25, 0.3) is 0 Å². The second-order valence-electron chi connectivity index (χ2n) is 8.25. The van der Waals surface area contributed by atoms with E-state index in [0.717, 1.165) is 54.6 Å². The van der Waals surface area contributed by atoms with Crippen molar-refractivity contribution in [3.63, 3.8) is 0 Å². The predicted molar refractivity (Wildman–Crippen MR) is 128 cm³/mol. The van der Waals surface area contributed by atoms with E-state index in [9.17, 15) is 0 Å². The van der Waals surface area contributed by atoms with Crippen LogP contribution in [0, 0.1) is 20.8 Å². The molecule has 0 bridgehead atoms. The topological polar surface area (TPSA) is 36.9 Å². The number of benzene rings is 3. The maximum atomic E-state index is 5.50. The Labute approximate surface area is 191 Å². The van der Waals surface area contributed by atoms with Gasteiger partial charge in [0.1, 0.15) is 24.7 Å². The van der Waals surface area contributed by atoms with Crippen molar-refractivity contribution >= 4 is 0 Å². The first kappa shape index (κ1) is 22.1. The summed E-state index contributed by atoms with van der Waals surface area (Å²) in [5, 5.41) is 0. The Balaban J connectivity index is 0.000000115. The van der Waals surface area contributed by atoms with Crippen molar-refractivity contribution in [3.05, 3.63) is 82.4 Å². The van der Waals surface area contributed by atoms with Crippen molar-refractivity contribution in [2.45, 2.75) is 40.0 Å². The zero-order valence-corrected chi connectivity index (χ0v) is 19.3. The molecule has 0 radical (unpaired) electrons. The van der Waals surface area contributed by atoms with E-state index >= 15 is 0 Å². The van der Waals surface area contributed by atoms with E-state index < -0.39 is 0 Å². The molecule has 168 valence electrons. The minimum atomic E-state index is 0.663. The number of hydrogen-bond acceptors (Lipinski definition) is 4. The Morgan fingerprint density at radius 3 is 1.69 bits per heavy atom. The smallest absolute Gasteiger partial charge is 0.164 e. The summed E-state index contributed by atoms with van der Waals surface area (Å²) in [4.78, 5) is 0. The number of ether oxygens (including phenoxy) is 4. The van der Waals surface area contributed by atoms with Gasteiger partial charge < -0.3 is 18.9 Å². The summed E-state index contributed by atoms with van der Waals surface area (Å²) in [6.07, 6.45) is 3.43. The summed E-state index contributed by atoms with van der Waals surface area (Å²) >= 11 is 0. The summed E-state index contributed by atoms with van der Waals surface area (Å²) in [5.41, 5.74) is 6.65. The number of fused-ring (bicyclic) bond motifs is 3. The third-order valence-electron chi connectivity index (χ3n) is 5.94. The van der Waals surface area contributed by atoms with Gasteiger partial charge >= 0.3 is 0 Å². The second-order valence-corrected chi connectivity index (χ2v) is 8.25. The minimum absolute atomic E-state index is 0.663. The van der Waals surface area contributed by atoms with Crippen LogP contribution in [0.1, 0.15) is 34.2 Å². The van der Waals surface area contributed by atoms with Crippen LogP contribution in [0.15, 0.2) is 54.6 Å². The van der Waals surface area contributed by atoms with Gasteiger partial charge in [0.15, 0.2) is 11.5 Å². The monoisotopic (exact) mass is 432 g/mol. The highest BCUT2D eigenvalue weighted by molar-refractivity contribution is 5.46. The zero-order chi connectivity index (χ0) is 22.3. The Morgan fingerprint density at radius 2 is 1.03 bits per heavy atom. The molecular weight excluding hydrogens is 400 g/mol. The molecule has 0 aliphatic carbocycles. The molecule has 0 saturated heterocycles. The van der Waals surface area contributed by atoms with Crippen molar-refractivity contribution in [1.29, 1.82) is 0 Å². The largest absolute Gasteiger partial charge is 0.493 e. The standard InChI is InChI=1S/C10H12O.C9H10O2.C9H10O/c1-8-4-2-6-10-9(8)5-3-7-11-10;1-7-3-2-4-8-9(7)11-6-5-10-8;1-7-3-2-4-9-8(7)5-6-10-9/h2,4,6H,3,5,7H2,1H3;2-4H,5-6H2,1H3;2-4H,5-6H2,1H3. The van der Waals surface area contributed by atoms with E-state index in [2.05, 4.69) is 38.1 Å². The van der Waals surface area contributed by atoms with Crippen LogP contribution >= 0.6 is 0 Å². The van der Waals surface area contributed by atoms with Gasteiger partial charge in [-0.3, -0.25) is 0 Å². The zero-order valence-electron chi connectivity index (χ0n) is 19.3. The third kappa shape index (κ3) is 5.18. The lowest BCUT2D eigenvalue weighted by atomic mass is 10.0. The molecule has 0 unspecified atom stereocenters. The molecule has 0 atom stereocenters. The summed E-state index contributed by atoms with van der Waals surface area (Å²) in [5.74, 6) is 3.95. The summed E-state index contributed by atoms with van der Waals surface area (Å²) in [6.45, 7) is 9.37. The lowest BCUT2D eigenvalue weighted by Gasteiger charge is -2.19. The molecule has 6 rings (SSSR count). The number of para-hydroxylation sites is 1. The molecule has 3 aliphatic heterocycles. The molecule has 4 nitrogen and oxygen atoms in total. The van der Waals surface area contributed by atoms with Crippen LogP contribution in [-0.2, 0) is 12.8 Å². The first-order valence-corrected chi connectivity index (χ1v) is 11.4. The van der Waals surface area contributed by atoms with Gasteiger partial charge in [-0.05, 0) is 74.1 Å². The maximum absolute atomic E-state index is 5.50. The minimum Gasteiger partial charge on any atom is -0.493 e. The molecule has 0 amide bonds. The normalized spacial score (nSPS) is 14.8. The first-order valence-electron chi connectivity index (χ1n) is 11.4. The van der Waals surface area contributed by atoms with Crippen molar-refractivity contribution < 1.29 is 18.9 Å². The second kappa shape index (κ2) is 10.4. The van der Waals surface area contributed by atoms with E-state index in [1.165, 1.54) is 28.7 Å². The van der Waals surface area contributed by atoms with Crippen LogP contribution in [-0.4, -0.2) is 26.4 Å². The predicted octanol–water partition coefficient (Wildman–Crippen LogP) is 6.02. The molecule has 32 heavy (non-hydrogen) atoms. The molecule has 0 aromatic heterocycles. The van der Waals surface area contributed by atoms with Gasteiger partial charge in [0.25, 0.3) is 0 Å². The highest BCUT2D eigenvalue weighted by Crippen LogP contribution is 2.32. The average Bonchev–Trinajstić information content (AvgIpc) is 3.31. The van der Waals surface area contributed by atoms with E-state index in [-0.39, 0.29) is 0 Å². The first-order chi connectivity index (χ1) is 15.6. The van der Waals surface area contributed by atoms with E-state index in [1.807, 2.05) is 37.3 Å². The molecule has 3 aliphatic rings. The Morgan fingerprint density at radius 1 is 0.500 bits per heavy atom. The van der Waals surface area contributed by atoms with E-state index in [1.54, 1.807) is 0 Å². The van der Waals surface area contributed by atoms with Crippen molar-refractivity contribution in [1.82, 2.24) is 0 Å². The molecule has 0 spiro atoms. The van der Waals surface area contributed by atoms with Crippen molar-refractivity contribution in [3.8, 4) is 23.0 Å². The lowest BCUT2D eigenvalue weighted by molar-refractivity contribution is 0.170. The Kier molecular flexibility index (Phi) is 7.21. The summed E-state index contributed by atoms with van der Waals surface area (Å²) in [7, 11) is 0. The highest BCUT2D eigenvalue weighted by atomic mass is 16.6. The summed E-state index contributed by atoms with van der Waals surface area (Å²) < 4.78 is 21.7. The maximum Gasteiger partial charge on any atom is 0.164 e. The molecule has 0 N–H and O–H groups in total. The van der Waals surface area contributed by atoms with Gasteiger partial charge in [0.2, 0.25) is 0 Å². The Hall–Kier alpha value is -3.14. The molecular formula is C28H32O4. The summed E-state index contributed by atoms with van der Waals surface area (Å²) in [6, 6.07) is 18.4. The van der Waals surface area contributed by atoms with Gasteiger partial charge in [-0.15, -0.1) is 0 Å². The van der Waals surface area contributed by atoms with Crippen molar-refractivity contribution in [2.75, 3.05) is 26.4 Å². The molecule has 3 aromatic rings. The fourth-order valence-corrected chi connectivity index (χ4v) is 4.18. The van der Waals surface area contributed by atoms with Gasteiger partial charge in [-0.2, -0.15) is 0 Å². The molecule has 0 fully saturated rings.